The zero-order valence-electron chi connectivity index (χ0n) is 16.7. The largest absolute Gasteiger partial charge is 0.493 e. The molecule has 2 amide bonds. The fourth-order valence-corrected chi connectivity index (χ4v) is 3.44. The topological polar surface area (TPSA) is 76.7 Å². The number of hydrogen-bond acceptors (Lipinski definition) is 4. The van der Waals surface area contributed by atoms with Gasteiger partial charge in [-0.05, 0) is 44.4 Å². The molecule has 27 heavy (non-hydrogen) atoms. The van der Waals surface area contributed by atoms with Gasteiger partial charge in [0.2, 0.25) is 5.91 Å². The van der Waals surface area contributed by atoms with Gasteiger partial charge >= 0.3 is 0 Å². The van der Waals surface area contributed by atoms with Gasteiger partial charge in [-0.15, -0.1) is 0 Å². The average molecular weight is 376 g/mol. The van der Waals surface area contributed by atoms with Gasteiger partial charge in [0.05, 0.1) is 13.7 Å². The lowest BCUT2D eigenvalue weighted by atomic mass is 9.80. The number of amides is 2. The van der Waals surface area contributed by atoms with Crippen LogP contribution >= 0.6 is 0 Å². The van der Waals surface area contributed by atoms with E-state index in [2.05, 4.69) is 17.6 Å². The summed E-state index contributed by atoms with van der Waals surface area (Å²) in [5.74, 6) is 0.791. The summed E-state index contributed by atoms with van der Waals surface area (Å²) in [6, 6.07) is 5.14. The van der Waals surface area contributed by atoms with E-state index in [1.807, 2.05) is 6.92 Å². The Balaban J connectivity index is 2.16. The first-order valence-electron chi connectivity index (χ1n) is 9.98. The number of ether oxygens (including phenoxy) is 2. The van der Waals surface area contributed by atoms with E-state index in [1.165, 1.54) is 0 Å². The molecule has 0 aromatic heterocycles. The maximum atomic E-state index is 12.9. The lowest BCUT2D eigenvalue weighted by molar-refractivity contribution is -0.128. The summed E-state index contributed by atoms with van der Waals surface area (Å²) in [7, 11) is 1.56. The van der Waals surface area contributed by atoms with Gasteiger partial charge in [0, 0.05) is 12.1 Å². The predicted molar refractivity (Wildman–Crippen MR) is 105 cm³/mol. The average Bonchev–Trinajstić information content (AvgIpc) is 2.69. The summed E-state index contributed by atoms with van der Waals surface area (Å²) in [4.78, 5) is 25.5. The van der Waals surface area contributed by atoms with Crippen LogP contribution in [0.15, 0.2) is 18.2 Å². The second-order valence-corrected chi connectivity index (χ2v) is 7.02. The molecule has 1 aliphatic carbocycles. The summed E-state index contributed by atoms with van der Waals surface area (Å²) in [5.41, 5.74) is -0.363. The van der Waals surface area contributed by atoms with Gasteiger partial charge < -0.3 is 20.1 Å². The van der Waals surface area contributed by atoms with Crippen molar-refractivity contribution in [2.75, 3.05) is 20.3 Å². The molecule has 0 spiro atoms. The molecule has 0 aliphatic heterocycles. The van der Waals surface area contributed by atoms with E-state index in [9.17, 15) is 9.59 Å². The highest BCUT2D eigenvalue weighted by Gasteiger charge is 2.40. The first-order chi connectivity index (χ1) is 13.1. The Hall–Kier alpha value is -2.24. The van der Waals surface area contributed by atoms with E-state index in [4.69, 9.17) is 9.47 Å². The van der Waals surface area contributed by atoms with Crippen LogP contribution in [0.5, 0.6) is 11.5 Å². The van der Waals surface area contributed by atoms with Gasteiger partial charge in [-0.25, -0.2) is 0 Å². The van der Waals surface area contributed by atoms with Crippen molar-refractivity contribution in [3.63, 3.8) is 0 Å². The lowest BCUT2D eigenvalue weighted by Gasteiger charge is -2.36. The first kappa shape index (κ1) is 21.1. The molecule has 1 aromatic rings. The van der Waals surface area contributed by atoms with Gasteiger partial charge in [-0.1, -0.05) is 32.6 Å². The smallest absolute Gasteiger partial charge is 0.252 e. The van der Waals surface area contributed by atoms with Crippen molar-refractivity contribution in [3.05, 3.63) is 23.8 Å². The number of hydrogen-bond donors (Lipinski definition) is 2. The minimum atomic E-state index is -0.825. The maximum absolute atomic E-state index is 12.9. The molecule has 0 radical (unpaired) electrons. The van der Waals surface area contributed by atoms with Crippen molar-refractivity contribution in [3.8, 4) is 11.5 Å². The third kappa shape index (κ3) is 5.37. The molecule has 1 fully saturated rings. The van der Waals surface area contributed by atoms with Crippen LogP contribution < -0.4 is 20.1 Å². The standard InChI is InChI=1S/C21H32N2O4/c1-4-6-14-27-17-11-10-16(15-18(17)26-3)19(24)23-21(20(25)22-5-2)12-8-7-9-13-21/h10-11,15H,4-9,12-14H2,1-3H3,(H,22,25)(H,23,24). The molecular formula is C21H32N2O4. The number of carbonyl (C=O) groups is 2. The van der Waals surface area contributed by atoms with Crippen molar-refractivity contribution >= 4 is 11.8 Å². The Morgan fingerprint density at radius 1 is 1.11 bits per heavy atom. The summed E-state index contributed by atoms with van der Waals surface area (Å²) < 4.78 is 11.1. The SMILES string of the molecule is CCCCOc1ccc(C(=O)NC2(C(=O)NCC)CCCCC2)cc1OC. The van der Waals surface area contributed by atoms with Gasteiger partial charge in [0.1, 0.15) is 5.54 Å². The molecule has 0 heterocycles. The maximum Gasteiger partial charge on any atom is 0.252 e. The number of nitrogens with one attached hydrogen (secondary N) is 2. The van der Waals surface area contributed by atoms with E-state index in [0.717, 1.165) is 32.1 Å². The van der Waals surface area contributed by atoms with Crippen LogP contribution in [0, 0.1) is 0 Å². The van der Waals surface area contributed by atoms with Gasteiger partial charge in [-0.2, -0.15) is 0 Å². The number of unbranched alkanes of at least 4 members (excludes halogenated alkanes) is 1. The third-order valence-corrected chi connectivity index (χ3v) is 5.01. The van der Waals surface area contributed by atoms with Crippen molar-refractivity contribution in [2.24, 2.45) is 0 Å². The highest BCUT2D eigenvalue weighted by Crippen LogP contribution is 2.31. The predicted octanol–water partition coefficient (Wildman–Crippen LogP) is 3.44. The summed E-state index contributed by atoms with van der Waals surface area (Å²) in [6.07, 6.45) is 6.30. The van der Waals surface area contributed by atoms with Crippen LogP contribution in [0.2, 0.25) is 0 Å². The lowest BCUT2D eigenvalue weighted by Crippen LogP contribution is -2.59. The van der Waals surface area contributed by atoms with Crippen molar-refractivity contribution in [1.82, 2.24) is 10.6 Å². The molecule has 6 heteroatoms. The van der Waals surface area contributed by atoms with E-state index in [0.29, 0.717) is 43.1 Å². The van der Waals surface area contributed by atoms with Crippen LogP contribution in [0.25, 0.3) is 0 Å². The van der Waals surface area contributed by atoms with Crippen molar-refractivity contribution in [2.45, 2.75) is 64.3 Å². The molecule has 0 saturated heterocycles. The number of rotatable bonds is 9. The molecule has 1 aliphatic rings. The summed E-state index contributed by atoms with van der Waals surface area (Å²) in [6.45, 7) is 5.15. The van der Waals surface area contributed by atoms with Crippen molar-refractivity contribution in [1.29, 1.82) is 0 Å². The third-order valence-electron chi connectivity index (χ3n) is 5.01. The number of likely N-dealkylation sites (N-methyl/N-ethyl adjacent to an activating group) is 1. The minimum absolute atomic E-state index is 0.0930. The summed E-state index contributed by atoms with van der Waals surface area (Å²) in [5, 5.41) is 5.88. The molecule has 6 nitrogen and oxygen atoms in total. The summed E-state index contributed by atoms with van der Waals surface area (Å²) >= 11 is 0. The van der Waals surface area contributed by atoms with Crippen molar-refractivity contribution < 1.29 is 19.1 Å². The molecule has 2 rings (SSSR count). The van der Waals surface area contributed by atoms with Crippen LogP contribution in [0.3, 0.4) is 0 Å². The first-order valence-corrected chi connectivity index (χ1v) is 9.98. The number of carbonyl (C=O) groups excluding carboxylic acids is 2. The second kappa shape index (κ2) is 10.2. The molecule has 1 aromatic carbocycles. The zero-order chi connectivity index (χ0) is 19.7. The zero-order valence-corrected chi connectivity index (χ0v) is 16.7. The molecule has 1 saturated carbocycles. The van der Waals surface area contributed by atoms with Gasteiger partial charge in [0.15, 0.2) is 11.5 Å². The Labute approximate surface area is 162 Å². The van der Waals surface area contributed by atoms with E-state index >= 15 is 0 Å². The normalized spacial score (nSPS) is 15.7. The Morgan fingerprint density at radius 3 is 2.48 bits per heavy atom. The fourth-order valence-electron chi connectivity index (χ4n) is 3.44. The second-order valence-electron chi connectivity index (χ2n) is 7.02. The fraction of sp³-hybridized carbons (Fsp3) is 0.619. The monoisotopic (exact) mass is 376 g/mol. The van der Waals surface area contributed by atoms with E-state index < -0.39 is 5.54 Å². The molecular weight excluding hydrogens is 344 g/mol. The van der Waals surface area contributed by atoms with Crippen LogP contribution in [0.4, 0.5) is 0 Å². The highest BCUT2D eigenvalue weighted by atomic mass is 16.5. The van der Waals surface area contributed by atoms with Crippen LogP contribution in [-0.2, 0) is 4.79 Å². The van der Waals surface area contributed by atoms with E-state index in [1.54, 1.807) is 25.3 Å². The quantitative estimate of drug-likeness (QED) is 0.647. The van der Waals surface area contributed by atoms with Crippen LogP contribution in [0.1, 0.15) is 69.2 Å². The molecule has 0 bridgehead atoms. The highest BCUT2D eigenvalue weighted by molar-refractivity contribution is 5.99. The van der Waals surface area contributed by atoms with Gasteiger partial charge in [0.25, 0.3) is 5.91 Å². The Kier molecular flexibility index (Phi) is 7.95. The van der Waals surface area contributed by atoms with Crippen LogP contribution in [-0.4, -0.2) is 37.6 Å². The number of methoxy groups -OCH3 is 1. The minimum Gasteiger partial charge on any atom is -0.493 e. The van der Waals surface area contributed by atoms with E-state index in [-0.39, 0.29) is 11.8 Å². The molecule has 150 valence electrons. The Morgan fingerprint density at radius 2 is 1.85 bits per heavy atom. The Bertz CT molecular complexity index is 639. The van der Waals surface area contributed by atoms with Gasteiger partial charge in [-0.3, -0.25) is 9.59 Å². The molecule has 0 atom stereocenters. The molecule has 2 N–H and O–H groups in total. The number of benzene rings is 1. The molecule has 0 unspecified atom stereocenters.